The molecule has 0 unspecified atom stereocenters. The number of morpholine rings is 1. The van der Waals surface area contributed by atoms with Gasteiger partial charge in [-0.05, 0) is 30.2 Å². The summed E-state index contributed by atoms with van der Waals surface area (Å²) in [6.07, 6.45) is 6.13. The number of aromatic nitrogens is 2. The summed E-state index contributed by atoms with van der Waals surface area (Å²) >= 11 is 6.80. The van der Waals surface area contributed by atoms with E-state index in [0.717, 1.165) is 55.9 Å². The first-order valence-corrected chi connectivity index (χ1v) is 10.2. The Morgan fingerprint density at radius 1 is 1.15 bits per heavy atom. The first-order chi connectivity index (χ1) is 13.2. The molecule has 2 aromatic rings. The molecule has 0 radical (unpaired) electrons. The predicted octanol–water partition coefficient (Wildman–Crippen LogP) is 2.55. The van der Waals surface area contributed by atoms with Crippen LogP contribution >= 0.6 is 24.0 Å². The summed E-state index contributed by atoms with van der Waals surface area (Å²) in [7, 11) is 0. The molecule has 1 amide bonds. The first kappa shape index (κ1) is 18.5. The molecular formula is C19H20N4O2S2. The number of amides is 1. The van der Waals surface area contributed by atoms with Crippen LogP contribution in [0.4, 0.5) is 0 Å². The molecule has 0 bridgehead atoms. The topological polar surface area (TPSA) is 58.6 Å². The van der Waals surface area contributed by atoms with Crippen molar-refractivity contribution in [3.05, 3.63) is 41.1 Å². The van der Waals surface area contributed by atoms with Crippen LogP contribution in [-0.4, -0.2) is 69.4 Å². The van der Waals surface area contributed by atoms with Gasteiger partial charge >= 0.3 is 0 Å². The third-order valence-electron chi connectivity index (χ3n) is 4.62. The second-order valence-corrected chi connectivity index (χ2v) is 8.12. The molecular weight excluding hydrogens is 380 g/mol. The largest absolute Gasteiger partial charge is 0.379 e. The van der Waals surface area contributed by atoms with Gasteiger partial charge in [0.25, 0.3) is 5.91 Å². The smallest absolute Gasteiger partial charge is 0.266 e. The highest BCUT2D eigenvalue weighted by Crippen LogP contribution is 2.32. The molecule has 3 heterocycles. The van der Waals surface area contributed by atoms with Crippen molar-refractivity contribution in [2.24, 2.45) is 0 Å². The minimum atomic E-state index is -0.00813. The zero-order chi connectivity index (χ0) is 18.6. The minimum absolute atomic E-state index is 0.00813. The number of carbonyl (C=O) groups excluding carboxylic acids is 1. The molecule has 2 aliphatic rings. The van der Waals surface area contributed by atoms with Crippen molar-refractivity contribution in [3.8, 4) is 0 Å². The quantitative estimate of drug-likeness (QED) is 0.565. The third-order valence-corrected chi connectivity index (χ3v) is 6.00. The molecule has 0 spiro atoms. The van der Waals surface area contributed by atoms with Crippen LogP contribution in [0.1, 0.15) is 12.0 Å². The maximum atomic E-state index is 12.8. The fourth-order valence-electron chi connectivity index (χ4n) is 3.19. The van der Waals surface area contributed by atoms with Gasteiger partial charge in [0.15, 0.2) is 0 Å². The van der Waals surface area contributed by atoms with E-state index >= 15 is 0 Å². The van der Waals surface area contributed by atoms with Gasteiger partial charge in [-0.2, -0.15) is 0 Å². The number of hydrogen-bond donors (Lipinski definition) is 0. The number of hydrogen-bond acceptors (Lipinski definition) is 7. The lowest BCUT2D eigenvalue weighted by Gasteiger charge is -2.27. The highest BCUT2D eigenvalue weighted by molar-refractivity contribution is 8.26. The molecule has 4 rings (SSSR count). The van der Waals surface area contributed by atoms with Crippen LogP contribution in [0.5, 0.6) is 0 Å². The Kier molecular flexibility index (Phi) is 5.77. The Hall–Kier alpha value is -1.87. The van der Waals surface area contributed by atoms with Crippen molar-refractivity contribution in [1.29, 1.82) is 0 Å². The zero-order valence-electron chi connectivity index (χ0n) is 14.8. The lowest BCUT2D eigenvalue weighted by Crippen LogP contribution is -2.38. The van der Waals surface area contributed by atoms with Crippen molar-refractivity contribution in [2.75, 3.05) is 39.4 Å². The van der Waals surface area contributed by atoms with Crippen molar-refractivity contribution in [3.63, 3.8) is 0 Å². The molecule has 6 nitrogen and oxygen atoms in total. The van der Waals surface area contributed by atoms with Gasteiger partial charge in [0, 0.05) is 38.6 Å². The van der Waals surface area contributed by atoms with Crippen LogP contribution in [0.15, 0.2) is 35.5 Å². The number of nitrogens with zero attached hydrogens (tertiary/aromatic N) is 4. The third kappa shape index (κ3) is 4.35. The van der Waals surface area contributed by atoms with E-state index in [4.69, 9.17) is 17.0 Å². The maximum absolute atomic E-state index is 12.8. The minimum Gasteiger partial charge on any atom is -0.379 e. The maximum Gasteiger partial charge on any atom is 0.266 e. The summed E-state index contributed by atoms with van der Waals surface area (Å²) in [4.78, 5) is 26.1. The lowest BCUT2D eigenvalue weighted by atomic mass is 10.1. The van der Waals surface area contributed by atoms with E-state index < -0.39 is 0 Å². The number of thiocarbonyl (C=S) groups is 1. The van der Waals surface area contributed by atoms with Crippen molar-refractivity contribution in [2.45, 2.75) is 6.42 Å². The van der Waals surface area contributed by atoms with Crippen LogP contribution in [0.25, 0.3) is 17.1 Å². The van der Waals surface area contributed by atoms with E-state index in [1.54, 1.807) is 17.3 Å². The Morgan fingerprint density at radius 2 is 1.93 bits per heavy atom. The Labute approximate surface area is 167 Å². The Bertz CT molecular complexity index is 896. The van der Waals surface area contributed by atoms with Crippen LogP contribution < -0.4 is 0 Å². The normalized spacial score (nSPS) is 20.1. The van der Waals surface area contributed by atoms with E-state index in [1.807, 2.05) is 24.3 Å². The van der Waals surface area contributed by atoms with E-state index in [-0.39, 0.29) is 5.91 Å². The average Bonchev–Trinajstić information content (AvgIpc) is 2.96. The van der Waals surface area contributed by atoms with Crippen LogP contribution in [0.3, 0.4) is 0 Å². The predicted molar refractivity (Wildman–Crippen MR) is 111 cm³/mol. The number of carbonyl (C=O) groups is 1. The van der Waals surface area contributed by atoms with E-state index in [1.165, 1.54) is 11.8 Å². The molecule has 0 aliphatic carbocycles. The van der Waals surface area contributed by atoms with Gasteiger partial charge in [-0.15, -0.1) is 0 Å². The summed E-state index contributed by atoms with van der Waals surface area (Å²) < 4.78 is 6.00. The van der Waals surface area contributed by atoms with Crippen molar-refractivity contribution >= 4 is 51.3 Å². The van der Waals surface area contributed by atoms with Crippen molar-refractivity contribution < 1.29 is 9.53 Å². The van der Waals surface area contributed by atoms with Crippen LogP contribution in [0, 0.1) is 0 Å². The second-order valence-electron chi connectivity index (χ2n) is 6.45. The highest BCUT2D eigenvalue weighted by Gasteiger charge is 2.31. The summed E-state index contributed by atoms with van der Waals surface area (Å²) in [6.45, 7) is 5.12. The summed E-state index contributed by atoms with van der Waals surface area (Å²) in [5.74, 6) is -0.00813. The monoisotopic (exact) mass is 400 g/mol. The Morgan fingerprint density at radius 3 is 2.74 bits per heavy atom. The molecule has 1 aromatic carbocycles. The fourth-order valence-corrected chi connectivity index (χ4v) is 4.50. The molecule has 2 saturated heterocycles. The number of rotatable bonds is 5. The lowest BCUT2D eigenvalue weighted by molar-refractivity contribution is -0.122. The van der Waals surface area contributed by atoms with Gasteiger partial charge < -0.3 is 4.74 Å². The molecule has 140 valence electrons. The van der Waals surface area contributed by atoms with Gasteiger partial charge in [0.2, 0.25) is 0 Å². The summed E-state index contributed by atoms with van der Waals surface area (Å²) in [5.41, 5.74) is 2.58. The number of ether oxygens (including phenoxy) is 1. The van der Waals surface area contributed by atoms with E-state index in [0.29, 0.717) is 15.8 Å². The summed E-state index contributed by atoms with van der Waals surface area (Å²) in [6, 6.07) is 5.80. The summed E-state index contributed by atoms with van der Waals surface area (Å²) in [5, 5.41) is 0. The number of thioether (sulfide) groups is 1. The SMILES string of the molecule is O=C1C(=Cc2ccc3nccnc3c2)SC(=S)N1CCCN1CCOCC1. The highest BCUT2D eigenvalue weighted by atomic mass is 32.2. The molecule has 0 N–H and O–H groups in total. The molecule has 2 fully saturated rings. The van der Waals surface area contributed by atoms with Crippen LogP contribution in [0.2, 0.25) is 0 Å². The molecule has 0 saturated carbocycles. The average molecular weight is 401 g/mol. The standard InChI is InChI=1S/C19H20N4O2S2/c24-18-17(13-14-2-3-15-16(12-14)21-5-4-20-15)27-19(26)23(18)7-1-6-22-8-10-25-11-9-22/h2-5,12-13H,1,6-11H2. The van der Waals surface area contributed by atoms with Crippen LogP contribution in [-0.2, 0) is 9.53 Å². The van der Waals surface area contributed by atoms with Gasteiger partial charge in [-0.1, -0.05) is 30.0 Å². The molecule has 2 aliphatic heterocycles. The zero-order valence-corrected chi connectivity index (χ0v) is 16.5. The van der Waals surface area contributed by atoms with E-state index in [9.17, 15) is 4.79 Å². The molecule has 1 aromatic heterocycles. The van der Waals surface area contributed by atoms with E-state index in [2.05, 4.69) is 14.9 Å². The van der Waals surface area contributed by atoms with Gasteiger partial charge in [0.1, 0.15) is 4.32 Å². The van der Waals surface area contributed by atoms with Crippen molar-refractivity contribution in [1.82, 2.24) is 19.8 Å². The second kappa shape index (κ2) is 8.43. The number of benzene rings is 1. The Balaban J connectivity index is 1.41. The molecule has 8 heteroatoms. The van der Waals surface area contributed by atoms with Gasteiger partial charge in [0.05, 0.1) is 29.2 Å². The van der Waals surface area contributed by atoms with Gasteiger partial charge in [-0.25, -0.2) is 0 Å². The molecule has 27 heavy (non-hydrogen) atoms. The molecule has 0 atom stereocenters. The number of fused-ring (bicyclic) bond motifs is 1. The first-order valence-electron chi connectivity index (χ1n) is 8.97. The van der Waals surface area contributed by atoms with Gasteiger partial charge in [-0.3, -0.25) is 24.6 Å². The fraction of sp³-hybridized carbons (Fsp3) is 0.368.